The second-order valence-electron chi connectivity index (χ2n) is 4.51. The van der Waals surface area contributed by atoms with Gasteiger partial charge in [0.15, 0.2) is 0 Å². The summed E-state index contributed by atoms with van der Waals surface area (Å²) in [5.41, 5.74) is 3.43. The Hall–Kier alpha value is -2.62. The molecule has 0 fully saturated rings. The summed E-state index contributed by atoms with van der Waals surface area (Å²) in [7, 11) is 1.51. The molecular formula is C17H17NO3. The molecule has 4 nitrogen and oxygen atoms in total. The van der Waals surface area contributed by atoms with Crippen LogP contribution in [0.2, 0.25) is 0 Å². The Morgan fingerprint density at radius 3 is 2.48 bits per heavy atom. The van der Waals surface area contributed by atoms with E-state index in [-0.39, 0.29) is 0 Å². The summed E-state index contributed by atoms with van der Waals surface area (Å²) in [5, 5.41) is 4.04. The Bertz CT molecular complexity index is 633. The zero-order valence-electron chi connectivity index (χ0n) is 12.1. The lowest BCUT2D eigenvalue weighted by Gasteiger charge is -2.10. The average Bonchev–Trinajstić information content (AvgIpc) is 2.53. The molecule has 0 aliphatic rings. The fraction of sp³-hybridized carbons (Fsp3) is 0.176. The number of carbonyl (C=O) groups excluding carboxylic acids is 1. The zero-order chi connectivity index (χ0) is 15.1. The Balaban J connectivity index is 2.12. The van der Waals surface area contributed by atoms with Crippen molar-refractivity contribution in [3.8, 4) is 5.75 Å². The first kappa shape index (κ1) is 14.8. The lowest BCUT2D eigenvalue weighted by atomic mass is 10.0. The first-order valence-corrected chi connectivity index (χ1v) is 6.58. The minimum Gasteiger partial charge on any atom is -0.487 e. The lowest BCUT2D eigenvalue weighted by molar-refractivity contribution is 0.112. The van der Waals surface area contributed by atoms with Gasteiger partial charge in [0.1, 0.15) is 31.5 Å². The number of hydrogen-bond acceptors (Lipinski definition) is 4. The van der Waals surface area contributed by atoms with Gasteiger partial charge in [-0.25, -0.2) is 0 Å². The van der Waals surface area contributed by atoms with Crippen molar-refractivity contribution in [2.75, 3.05) is 13.7 Å². The normalized spacial score (nSPS) is 11.0. The van der Waals surface area contributed by atoms with Crippen LogP contribution in [0.4, 0.5) is 0 Å². The van der Waals surface area contributed by atoms with Gasteiger partial charge in [0, 0.05) is 11.1 Å². The van der Waals surface area contributed by atoms with E-state index in [2.05, 4.69) is 5.16 Å². The fourth-order valence-corrected chi connectivity index (χ4v) is 1.95. The smallest absolute Gasteiger partial charge is 0.150 e. The number of ether oxygens (including phenoxy) is 1. The molecule has 0 aromatic heterocycles. The van der Waals surface area contributed by atoms with Crippen LogP contribution in [0.3, 0.4) is 0 Å². The average molecular weight is 283 g/mol. The predicted octanol–water partition coefficient (Wildman–Crippen LogP) is 3.24. The number of hydrogen-bond donors (Lipinski definition) is 0. The molecule has 0 heterocycles. The Morgan fingerprint density at radius 1 is 1.14 bits per heavy atom. The van der Waals surface area contributed by atoms with Gasteiger partial charge in [-0.15, -0.1) is 0 Å². The summed E-state index contributed by atoms with van der Waals surface area (Å²) in [6.07, 6.45) is 0.801. The van der Waals surface area contributed by atoms with Gasteiger partial charge >= 0.3 is 0 Å². The molecular weight excluding hydrogens is 266 g/mol. The Morgan fingerprint density at radius 2 is 1.86 bits per heavy atom. The van der Waals surface area contributed by atoms with Crippen LogP contribution in [0, 0.1) is 6.92 Å². The summed E-state index contributed by atoms with van der Waals surface area (Å²) in [6, 6.07) is 14.9. The number of carbonyl (C=O) groups is 1. The molecule has 0 spiro atoms. The van der Waals surface area contributed by atoms with E-state index in [9.17, 15) is 4.79 Å². The molecule has 0 aliphatic heterocycles. The molecule has 2 rings (SSSR count). The van der Waals surface area contributed by atoms with Gasteiger partial charge in [-0.3, -0.25) is 4.79 Å². The van der Waals surface area contributed by atoms with Crippen LogP contribution >= 0.6 is 0 Å². The molecule has 0 N–H and O–H groups in total. The molecule has 0 radical (unpaired) electrons. The van der Waals surface area contributed by atoms with Crippen LogP contribution in [0.1, 0.15) is 21.5 Å². The van der Waals surface area contributed by atoms with Gasteiger partial charge in [-0.1, -0.05) is 29.4 Å². The van der Waals surface area contributed by atoms with Crippen LogP contribution in [-0.4, -0.2) is 25.7 Å². The van der Waals surface area contributed by atoms with Gasteiger partial charge in [-0.2, -0.15) is 0 Å². The highest BCUT2D eigenvalue weighted by atomic mass is 16.6. The molecule has 4 heteroatoms. The van der Waals surface area contributed by atoms with Crippen molar-refractivity contribution in [3.05, 3.63) is 65.2 Å². The quantitative estimate of drug-likeness (QED) is 0.464. The van der Waals surface area contributed by atoms with Crippen LogP contribution in [-0.2, 0) is 4.84 Å². The number of oxime groups is 1. The summed E-state index contributed by atoms with van der Waals surface area (Å²) in [5.74, 6) is 0.679. The van der Waals surface area contributed by atoms with Gasteiger partial charge < -0.3 is 9.57 Å². The molecule has 21 heavy (non-hydrogen) atoms. The zero-order valence-corrected chi connectivity index (χ0v) is 12.1. The maximum atomic E-state index is 10.6. The van der Waals surface area contributed by atoms with Crippen LogP contribution < -0.4 is 4.74 Å². The highest BCUT2D eigenvalue weighted by molar-refractivity contribution is 6.02. The largest absolute Gasteiger partial charge is 0.487 e. The summed E-state index contributed by atoms with van der Waals surface area (Å²) >= 11 is 0. The molecule has 0 atom stereocenters. The van der Waals surface area contributed by atoms with E-state index in [4.69, 9.17) is 9.57 Å². The van der Waals surface area contributed by atoms with E-state index < -0.39 is 0 Å². The molecule has 0 saturated carbocycles. The first-order chi connectivity index (χ1) is 10.2. The second-order valence-corrected chi connectivity index (χ2v) is 4.51. The first-order valence-electron chi connectivity index (χ1n) is 6.58. The summed E-state index contributed by atoms with van der Waals surface area (Å²) in [4.78, 5) is 15.5. The molecule has 0 amide bonds. The number of benzene rings is 2. The summed E-state index contributed by atoms with van der Waals surface area (Å²) < 4.78 is 5.70. The maximum Gasteiger partial charge on any atom is 0.150 e. The van der Waals surface area contributed by atoms with E-state index in [1.165, 1.54) is 7.11 Å². The van der Waals surface area contributed by atoms with Gasteiger partial charge in [0.05, 0.1) is 0 Å². The molecule has 2 aromatic carbocycles. The van der Waals surface area contributed by atoms with E-state index >= 15 is 0 Å². The topological polar surface area (TPSA) is 47.9 Å². The number of aryl methyl sites for hydroxylation is 1. The van der Waals surface area contributed by atoms with Crippen molar-refractivity contribution in [3.63, 3.8) is 0 Å². The third-order valence-electron chi connectivity index (χ3n) is 3.05. The highest BCUT2D eigenvalue weighted by Crippen LogP contribution is 2.14. The van der Waals surface area contributed by atoms with Crippen molar-refractivity contribution in [1.29, 1.82) is 0 Å². The second kappa shape index (κ2) is 7.24. The lowest BCUT2D eigenvalue weighted by Crippen LogP contribution is -2.14. The molecule has 0 saturated heterocycles. The van der Waals surface area contributed by atoms with Gasteiger partial charge in [0.2, 0.25) is 0 Å². The fourth-order valence-electron chi connectivity index (χ4n) is 1.95. The van der Waals surface area contributed by atoms with Crippen molar-refractivity contribution >= 4 is 12.0 Å². The van der Waals surface area contributed by atoms with Gasteiger partial charge in [-0.05, 0) is 36.8 Å². The maximum absolute atomic E-state index is 10.6. The predicted molar refractivity (Wildman–Crippen MR) is 82.0 cm³/mol. The highest BCUT2D eigenvalue weighted by Gasteiger charge is 2.08. The van der Waals surface area contributed by atoms with E-state index in [0.717, 1.165) is 23.1 Å². The van der Waals surface area contributed by atoms with E-state index in [0.29, 0.717) is 17.9 Å². The van der Waals surface area contributed by atoms with Crippen molar-refractivity contribution in [1.82, 2.24) is 0 Å². The van der Waals surface area contributed by atoms with E-state index in [1.54, 1.807) is 24.3 Å². The Labute approximate surface area is 124 Å². The van der Waals surface area contributed by atoms with E-state index in [1.807, 2.05) is 31.2 Å². The third kappa shape index (κ3) is 3.92. The SMILES string of the molecule is CON=C(COc1ccc(C=O)cc1)c1ccccc1C. The molecule has 0 unspecified atom stereocenters. The standard InChI is InChI=1S/C17H17NO3/c1-13-5-3-4-6-16(13)17(18-20-2)12-21-15-9-7-14(11-19)8-10-15/h3-11H,12H2,1-2H3. The molecule has 108 valence electrons. The molecule has 2 aromatic rings. The van der Waals surface area contributed by atoms with Crippen LogP contribution in [0.25, 0.3) is 0 Å². The van der Waals surface area contributed by atoms with Crippen molar-refractivity contribution in [2.24, 2.45) is 5.16 Å². The van der Waals surface area contributed by atoms with Crippen molar-refractivity contribution in [2.45, 2.75) is 6.92 Å². The van der Waals surface area contributed by atoms with Crippen LogP contribution in [0.5, 0.6) is 5.75 Å². The van der Waals surface area contributed by atoms with Crippen molar-refractivity contribution < 1.29 is 14.4 Å². The van der Waals surface area contributed by atoms with Gasteiger partial charge in [0.25, 0.3) is 0 Å². The third-order valence-corrected chi connectivity index (χ3v) is 3.05. The Kier molecular flexibility index (Phi) is 5.10. The number of aldehydes is 1. The molecule has 0 bridgehead atoms. The number of nitrogens with zero attached hydrogens (tertiary/aromatic N) is 1. The monoisotopic (exact) mass is 283 g/mol. The molecule has 0 aliphatic carbocycles. The number of rotatable bonds is 6. The minimum atomic E-state index is 0.291. The van der Waals surface area contributed by atoms with Crippen LogP contribution in [0.15, 0.2) is 53.7 Å². The summed E-state index contributed by atoms with van der Waals surface area (Å²) in [6.45, 7) is 2.30. The minimum absolute atomic E-state index is 0.291.